The van der Waals surface area contributed by atoms with E-state index in [0.29, 0.717) is 34.0 Å². The Morgan fingerprint density at radius 3 is 2.46 bits per heavy atom. The van der Waals surface area contributed by atoms with E-state index >= 15 is 0 Å². The molecular weight excluding hydrogens is 468 g/mol. The van der Waals surface area contributed by atoms with Crippen LogP contribution in [-0.4, -0.2) is 54.4 Å². The second kappa shape index (κ2) is 9.46. The van der Waals surface area contributed by atoms with Crippen LogP contribution < -0.4 is 10.1 Å². The molecule has 2 aromatic heterocycles. The summed E-state index contributed by atoms with van der Waals surface area (Å²) in [7, 11) is 1.54. The minimum atomic E-state index is -0.337. The standard InChI is InChI=1S/C29H28N4O4/c1-19-25(26(32-37-19)22-6-4-3-5-7-22)27(34)30-24-13-12-23(31-28(24)35-2)21-10-8-20(9-11-21)14-33-15-29(16-33)17-36-18-29/h3-13H,14-18H2,1-2H3,(H,30,34). The topological polar surface area (TPSA) is 89.7 Å². The van der Waals surface area contributed by atoms with E-state index in [2.05, 4.69) is 44.6 Å². The molecule has 4 heterocycles. The highest BCUT2D eigenvalue weighted by molar-refractivity contribution is 6.09. The molecule has 1 amide bonds. The van der Waals surface area contributed by atoms with Crippen LogP contribution in [0.15, 0.2) is 71.3 Å². The Kier molecular flexibility index (Phi) is 5.98. The number of ether oxygens (including phenoxy) is 2. The van der Waals surface area contributed by atoms with Crippen molar-refractivity contribution in [2.45, 2.75) is 13.5 Å². The number of aromatic nitrogens is 2. The fraction of sp³-hybridized carbons (Fsp3) is 0.276. The number of pyridine rings is 1. The number of amides is 1. The van der Waals surface area contributed by atoms with Crippen molar-refractivity contribution in [1.29, 1.82) is 0 Å². The predicted molar refractivity (Wildman–Crippen MR) is 139 cm³/mol. The first-order chi connectivity index (χ1) is 18.0. The van der Waals surface area contributed by atoms with Gasteiger partial charge < -0.3 is 19.3 Å². The van der Waals surface area contributed by atoms with Gasteiger partial charge in [-0.3, -0.25) is 9.69 Å². The van der Waals surface area contributed by atoms with E-state index in [1.54, 1.807) is 13.0 Å². The van der Waals surface area contributed by atoms with Gasteiger partial charge >= 0.3 is 0 Å². The van der Waals surface area contributed by atoms with Gasteiger partial charge in [-0.1, -0.05) is 59.8 Å². The number of benzene rings is 2. The maximum Gasteiger partial charge on any atom is 0.261 e. The zero-order valence-corrected chi connectivity index (χ0v) is 20.9. The van der Waals surface area contributed by atoms with Crippen LogP contribution in [0.5, 0.6) is 5.88 Å². The van der Waals surface area contributed by atoms with Crippen LogP contribution in [0.2, 0.25) is 0 Å². The fourth-order valence-electron chi connectivity index (χ4n) is 5.10. The van der Waals surface area contributed by atoms with Crippen molar-refractivity contribution >= 4 is 11.6 Å². The van der Waals surface area contributed by atoms with Crippen LogP contribution in [0.25, 0.3) is 22.5 Å². The Labute approximate surface area is 215 Å². The Bertz CT molecular complexity index is 1420. The van der Waals surface area contributed by atoms with Gasteiger partial charge in [0.05, 0.1) is 26.0 Å². The van der Waals surface area contributed by atoms with E-state index in [9.17, 15) is 4.79 Å². The third-order valence-electron chi connectivity index (χ3n) is 7.03. The number of carbonyl (C=O) groups is 1. The van der Waals surface area contributed by atoms with Crippen LogP contribution in [0, 0.1) is 12.3 Å². The molecule has 188 valence electrons. The van der Waals surface area contributed by atoms with E-state index in [1.807, 2.05) is 36.4 Å². The average molecular weight is 497 g/mol. The molecule has 0 atom stereocenters. The lowest BCUT2D eigenvalue weighted by Crippen LogP contribution is -2.65. The zero-order chi connectivity index (χ0) is 25.4. The number of likely N-dealkylation sites (tertiary alicyclic amines) is 1. The molecule has 4 aromatic rings. The molecule has 0 radical (unpaired) electrons. The van der Waals surface area contributed by atoms with Crippen LogP contribution >= 0.6 is 0 Å². The first-order valence-electron chi connectivity index (χ1n) is 12.3. The summed E-state index contributed by atoms with van der Waals surface area (Å²) in [6, 6.07) is 21.6. The molecule has 2 fully saturated rings. The van der Waals surface area contributed by atoms with Crippen LogP contribution in [-0.2, 0) is 11.3 Å². The Balaban J connectivity index is 1.17. The third kappa shape index (κ3) is 4.50. The molecule has 1 N–H and O–H groups in total. The molecule has 2 aliphatic heterocycles. The second-order valence-electron chi connectivity index (χ2n) is 9.87. The molecule has 0 bridgehead atoms. The van der Waals surface area contributed by atoms with Crippen molar-refractivity contribution in [2.75, 3.05) is 38.7 Å². The zero-order valence-electron chi connectivity index (χ0n) is 20.9. The van der Waals surface area contributed by atoms with Crippen LogP contribution in [0.1, 0.15) is 21.7 Å². The van der Waals surface area contributed by atoms with E-state index in [0.717, 1.165) is 49.7 Å². The van der Waals surface area contributed by atoms with Crippen molar-refractivity contribution in [3.05, 3.63) is 83.6 Å². The number of nitrogens with zero attached hydrogens (tertiary/aromatic N) is 3. The van der Waals surface area contributed by atoms with E-state index in [4.69, 9.17) is 14.0 Å². The molecule has 8 nitrogen and oxygen atoms in total. The number of methoxy groups -OCH3 is 1. The molecular formula is C29H28N4O4. The SMILES string of the molecule is COc1nc(-c2ccc(CN3CC4(COC4)C3)cc2)ccc1NC(=O)c1c(-c2ccccc2)noc1C. The Morgan fingerprint density at radius 1 is 1.03 bits per heavy atom. The molecule has 6 rings (SSSR count). The summed E-state index contributed by atoms with van der Waals surface area (Å²) in [4.78, 5) is 20.3. The van der Waals surface area contributed by atoms with Gasteiger partial charge in [0.1, 0.15) is 22.7 Å². The number of anilines is 1. The van der Waals surface area contributed by atoms with Crippen molar-refractivity contribution in [1.82, 2.24) is 15.0 Å². The first-order valence-corrected chi connectivity index (χ1v) is 12.3. The predicted octanol–water partition coefficient (Wildman–Crippen LogP) is 4.81. The summed E-state index contributed by atoms with van der Waals surface area (Å²) in [6.45, 7) is 6.69. The van der Waals surface area contributed by atoms with Crippen molar-refractivity contribution in [3.63, 3.8) is 0 Å². The normalized spacial score (nSPS) is 16.2. The number of rotatable bonds is 7. The highest BCUT2D eigenvalue weighted by Crippen LogP contribution is 2.38. The summed E-state index contributed by atoms with van der Waals surface area (Å²) >= 11 is 0. The average Bonchev–Trinajstić information content (AvgIpc) is 3.27. The van der Waals surface area contributed by atoms with Gasteiger partial charge in [0.15, 0.2) is 0 Å². The van der Waals surface area contributed by atoms with Crippen molar-refractivity contribution < 1.29 is 18.8 Å². The highest BCUT2D eigenvalue weighted by Gasteiger charge is 2.48. The highest BCUT2D eigenvalue weighted by atomic mass is 16.5. The molecule has 2 aliphatic rings. The minimum absolute atomic E-state index is 0.332. The number of carbonyl (C=O) groups excluding carboxylic acids is 1. The monoisotopic (exact) mass is 496 g/mol. The lowest BCUT2D eigenvalue weighted by atomic mass is 9.78. The molecule has 8 heteroatoms. The number of aryl methyl sites for hydroxylation is 1. The summed E-state index contributed by atoms with van der Waals surface area (Å²) in [5.41, 5.74) is 5.59. The Hall–Kier alpha value is -4.01. The smallest absolute Gasteiger partial charge is 0.261 e. The molecule has 0 unspecified atom stereocenters. The van der Waals surface area contributed by atoms with Crippen molar-refractivity contribution in [3.8, 4) is 28.4 Å². The largest absolute Gasteiger partial charge is 0.479 e. The first kappa shape index (κ1) is 23.4. The van der Waals surface area contributed by atoms with E-state index < -0.39 is 0 Å². The van der Waals surface area contributed by atoms with Gasteiger partial charge in [0.2, 0.25) is 5.88 Å². The van der Waals surface area contributed by atoms with E-state index in [1.165, 1.54) is 12.7 Å². The van der Waals surface area contributed by atoms with E-state index in [-0.39, 0.29) is 5.91 Å². The molecule has 37 heavy (non-hydrogen) atoms. The van der Waals surface area contributed by atoms with Crippen LogP contribution in [0.4, 0.5) is 5.69 Å². The molecule has 2 saturated heterocycles. The maximum atomic E-state index is 13.2. The number of hydrogen-bond acceptors (Lipinski definition) is 7. The van der Waals surface area contributed by atoms with Gasteiger partial charge in [-0.25, -0.2) is 4.98 Å². The lowest BCUT2D eigenvalue weighted by molar-refractivity contribution is -0.191. The summed E-state index contributed by atoms with van der Waals surface area (Å²) in [5.74, 6) is 0.435. The summed E-state index contributed by atoms with van der Waals surface area (Å²) in [6.07, 6.45) is 0. The lowest BCUT2D eigenvalue weighted by Gasteiger charge is -2.55. The number of nitrogens with one attached hydrogen (secondary N) is 1. The van der Waals surface area contributed by atoms with Gasteiger partial charge in [-0.05, 0) is 24.6 Å². The van der Waals surface area contributed by atoms with Gasteiger partial charge in [0, 0.05) is 36.2 Å². The van der Waals surface area contributed by atoms with Gasteiger partial charge in [-0.2, -0.15) is 0 Å². The van der Waals surface area contributed by atoms with Crippen LogP contribution in [0.3, 0.4) is 0 Å². The molecule has 2 aromatic carbocycles. The minimum Gasteiger partial charge on any atom is -0.479 e. The second-order valence-corrected chi connectivity index (χ2v) is 9.87. The van der Waals surface area contributed by atoms with Gasteiger partial charge in [0.25, 0.3) is 5.91 Å². The molecule has 1 spiro atoms. The summed E-state index contributed by atoms with van der Waals surface area (Å²) < 4.78 is 16.2. The summed E-state index contributed by atoms with van der Waals surface area (Å²) in [5, 5.41) is 7.01. The van der Waals surface area contributed by atoms with Crippen molar-refractivity contribution in [2.24, 2.45) is 5.41 Å². The third-order valence-corrected chi connectivity index (χ3v) is 7.03. The molecule has 0 saturated carbocycles. The number of hydrogen-bond donors (Lipinski definition) is 1. The fourth-order valence-corrected chi connectivity index (χ4v) is 5.10. The quantitative estimate of drug-likeness (QED) is 0.393. The van der Waals surface area contributed by atoms with Gasteiger partial charge in [-0.15, -0.1) is 0 Å². The Morgan fingerprint density at radius 2 is 1.78 bits per heavy atom. The maximum absolute atomic E-state index is 13.2. The molecule has 0 aliphatic carbocycles.